The van der Waals surface area contributed by atoms with Gasteiger partial charge in [-0.05, 0) is 86.1 Å². The molecule has 3 aromatic carbocycles. The van der Waals surface area contributed by atoms with Gasteiger partial charge in [0.15, 0.2) is 23.3 Å². The molecule has 1 aliphatic rings. The van der Waals surface area contributed by atoms with Crippen LogP contribution in [0, 0.1) is 29.2 Å². The zero-order valence-electron chi connectivity index (χ0n) is 19.8. The number of rotatable bonds is 8. The fourth-order valence-corrected chi connectivity index (χ4v) is 5.01. The molecule has 1 N–H and O–H groups in total. The smallest absolute Gasteiger partial charge is 0.166 e. The average molecular weight is 487 g/mol. The normalized spacial score (nSPS) is 18.1. The summed E-state index contributed by atoms with van der Waals surface area (Å²) in [6.07, 6.45) is 4.28. The second kappa shape index (κ2) is 11.3. The number of aryl methyl sites for hydroxylation is 1. The van der Waals surface area contributed by atoms with E-state index in [1.165, 1.54) is 12.1 Å². The summed E-state index contributed by atoms with van der Waals surface area (Å²) in [6, 6.07) is 12.4. The number of halogens is 4. The molecule has 0 atom stereocenters. The topological polar surface area (TPSA) is 29.5 Å². The van der Waals surface area contributed by atoms with Crippen LogP contribution in [0.4, 0.5) is 17.6 Å². The van der Waals surface area contributed by atoms with Crippen molar-refractivity contribution in [3.05, 3.63) is 88.5 Å². The van der Waals surface area contributed by atoms with Crippen LogP contribution in [0.3, 0.4) is 0 Å². The molecule has 0 unspecified atom stereocenters. The molecule has 2 nitrogen and oxygen atoms in total. The zero-order chi connectivity index (χ0) is 24.9. The number of phenolic OH excluding ortho intramolecular Hbond substituents is 1. The first-order chi connectivity index (χ1) is 16.9. The lowest BCUT2D eigenvalue weighted by Gasteiger charge is -2.29. The van der Waals surface area contributed by atoms with Crippen LogP contribution in [-0.2, 0) is 17.8 Å². The molecule has 3 aromatic rings. The molecule has 4 rings (SSSR count). The van der Waals surface area contributed by atoms with Crippen molar-refractivity contribution >= 4 is 0 Å². The van der Waals surface area contributed by atoms with Gasteiger partial charge in [0.2, 0.25) is 0 Å². The van der Waals surface area contributed by atoms with Crippen molar-refractivity contribution in [2.24, 2.45) is 5.92 Å². The SMILES string of the molecule is CCOCc1ccc(C2CCC(CCc3ccc(-c4ccc(O)cc4)c(F)c3F)CC2)c(F)c1F. The van der Waals surface area contributed by atoms with E-state index in [4.69, 9.17) is 4.74 Å². The van der Waals surface area contributed by atoms with E-state index in [0.29, 0.717) is 42.1 Å². The van der Waals surface area contributed by atoms with Crippen LogP contribution in [0.2, 0.25) is 0 Å². The minimum Gasteiger partial charge on any atom is -0.508 e. The van der Waals surface area contributed by atoms with Crippen LogP contribution in [0.15, 0.2) is 48.5 Å². The third-order valence-corrected chi connectivity index (χ3v) is 7.10. The second-order valence-corrected chi connectivity index (χ2v) is 9.28. The summed E-state index contributed by atoms with van der Waals surface area (Å²) in [5, 5.41) is 9.40. The van der Waals surface area contributed by atoms with Crippen molar-refractivity contribution in [1.82, 2.24) is 0 Å². The Bertz CT molecular complexity index is 1150. The van der Waals surface area contributed by atoms with Crippen molar-refractivity contribution in [3.8, 4) is 16.9 Å². The van der Waals surface area contributed by atoms with Gasteiger partial charge in [0.1, 0.15) is 5.75 Å². The van der Waals surface area contributed by atoms with Crippen LogP contribution >= 0.6 is 0 Å². The van der Waals surface area contributed by atoms with Crippen molar-refractivity contribution in [2.45, 2.75) is 58.0 Å². The predicted octanol–water partition coefficient (Wildman–Crippen LogP) is 8.06. The quantitative estimate of drug-likeness (QED) is 0.326. The van der Waals surface area contributed by atoms with Crippen LogP contribution in [0.5, 0.6) is 5.75 Å². The number of hydrogen-bond acceptors (Lipinski definition) is 2. The fourth-order valence-electron chi connectivity index (χ4n) is 5.01. The van der Waals surface area contributed by atoms with Crippen LogP contribution in [0.1, 0.15) is 61.6 Å². The summed E-state index contributed by atoms with van der Waals surface area (Å²) < 4.78 is 63.8. The molecule has 0 saturated heterocycles. The molecule has 35 heavy (non-hydrogen) atoms. The standard InChI is InChI=1S/C29H30F4O2/c1-2-35-17-22-12-16-25(29(33)27(22)31)19-6-3-18(4-7-19)5-8-21-11-15-24(28(32)26(21)30)20-9-13-23(34)14-10-20/h9-16,18-19,34H,2-8,17H2,1H3. The third-order valence-electron chi connectivity index (χ3n) is 7.10. The fraction of sp³-hybridized carbons (Fsp3) is 0.379. The number of benzene rings is 3. The molecule has 0 heterocycles. The Morgan fingerprint density at radius 1 is 0.771 bits per heavy atom. The highest BCUT2D eigenvalue weighted by atomic mass is 19.2. The van der Waals surface area contributed by atoms with E-state index in [9.17, 15) is 22.7 Å². The summed E-state index contributed by atoms with van der Waals surface area (Å²) in [5.41, 5.74) is 1.64. The van der Waals surface area contributed by atoms with Crippen LogP contribution in [-0.4, -0.2) is 11.7 Å². The van der Waals surface area contributed by atoms with Crippen molar-refractivity contribution in [1.29, 1.82) is 0 Å². The Kier molecular flexibility index (Phi) is 8.11. The van der Waals surface area contributed by atoms with Gasteiger partial charge in [0.25, 0.3) is 0 Å². The minimum absolute atomic E-state index is 0.0410. The largest absolute Gasteiger partial charge is 0.508 e. The van der Waals surface area contributed by atoms with Crippen LogP contribution < -0.4 is 0 Å². The van der Waals surface area contributed by atoms with Gasteiger partial charge in [0.05, 0.1) is 6.61 Å². The third kappa shape index (κ3) is 5.69. The Balaban J connectivity index is 1.35. The van der Waals surface area contributed by atoms with E-state index in [0.717, 1.165) is 25.7 Å². The van der Waals surface area contributed by atoms with Crippen LogP contribution in [0.25, 0.3) is 11.1 Å². The first-order valence-corrected chi connectivity index (χ1v) is 12.2. The molecule has 1 saturated carbocycles. The summed E-state index contributed by atoms with van der Waals surface area (Å²) >= 11 is 0. The molecule has 0 aromatic heterocycles. The van der Waals surface area contributed by atoms with E-state index in [2.05, 4.69) is 0 Å². The Morgan fingerprint density at radius 2 is 1.43 bits per heavy atom. The summed E-state index contributed by atoms with van der Waals surface area (Å²) in [7, 11) is 0. The maximum atomic E-state index is 14.7. The molecule has 0 aliphatic heterocycles. The summed E-state index contributed by atoms with van der Waals surface area (Å²) in [4.78, 5) is 0. The van der Waals surface area contributed by atoms with E-state index in [1.54, 1.807) is 43.3 Å². The van der Waals surface area contributed by atoms with E-state index < -0.39 is 23.3 Å². The van der Waals surface area contributed by atoms with Gasteiger partial charge in [-0.3, -0.25) is 0 Å². The lowest BCUT2D eigenvalue weighted by atomic mass is 9.76. The average Bonchev–Trinajstić information content (AvgIpc) is 2.87. The van der Waals surface area contributed by atoms with Gasteiger partial charge < -0.3 is 9.84 Å². The van der Waals surface area contributed by atoms with E-state index in [1.807, 2.05) is 0 Å². The number of aromatic hydroxyl groups is 1. The summed E-state index contributed by atoms with van der Waals surface area (Å²) in [6.45, 7) is 2.30. The molecule has 6 heteroatoms. The highest BCUT2D eigenvalue weighted by molar-refractivity contribution is 5.65. The molecule has 0 spiro atoms. The molecule has 1 fully saturated rings. The molecule has 0 amide bonds. The maximum Gasteiger partial charge on any atom is 0.166 e. The molecule has 0 bridgehead atoms. The molecule has 1 aliphatic carbocycles. The number of phenols is 1. The Hall–Kier alpha value is -2.86. The first-order valence-electron chi connectivity index (χ1n) is 12.2. The predicted molar refractivity (Wildman–Crippen MR) is 128 cm³/mol. The molecule has 0 radical (unpaired) electrons. The van der Waals surface area contributed by atoms with Gasteiger partial charge >= 0.3 is 0 Å². The Labute approximate surface area is 203 Å². The van der Waals surface area contributed by atoms with Gasteiger partial charge in [-0.2, -0.15) is 0 Å². The van der Waals surface area contributed by atoms with Crippen molar-refractivity contribution in [2.75, 3.05) is 6.61 Å². The molecular weight excluding hydrogens is 456 g/mol. The maximum absolute atomic E-state index is 14.7. The first kappa shape index (κ1) is 25.2. The van der Waals surface area contributed by atoms with E-state index >= 15 is 0 Å². The van der Waals surface area contributed by atoms with Gasteiger partial charge in [0, 0.05) is 17.7 Å². The number of hydrogen-bond donors (Lipinski definition) is 1. The molecular formula is C29H30F4O2. The van der Waals surface area contributed by atoms with E-state index in [-0.39, 0.29) is 29.4 Å². The molecule has 186 valence electrons. The second-order valence-electron chi connectivity index (χ2n) is 9.28. The van der Waals surface area contributed by atoms with Crippen molar-refractivity contribution in [3.63, 3.8) is 0 Å². The lowest BCUT2D eigenvalue weighted by molar-refractivity contribution is 0.130. The van der Waals surface area contributed by atoms with Gasteiger partial charge in [-0.25, -0.2) is 17.6 Å². The monoisotopic (exact) mass is 486 g/mol. The highest BCUT2D eigenvalue weighted by Gasteiger charge is 2.27. The summed E-state index contributed by atoms with van der Waals surface area (Å²) in [5.74, 6) is -2.98. The minimum atomic E-state index is -0.887. The Morgan fingerprint density at radius 3 is 2.11 bits per heavy atom. The highest BCUT2D eigenvalue weighted by Crippen LogP contribution is 2.39. The number of ether oxygens (including phenoxy) is 1. The van der Waals surface area contributed by atoms with Gasteiger partial charge in [-0.1, -0.05) is 36.4 Å². The zero-order valence-corrected chi connectivity index (χ0v) is 19.8. The van der Waals surface area contributed by atoms with Gasteiger partial charge in [-0.15, -0.1) is 0 Å². The van der Waals surface area contributed by atoms with Crippen molar-refractivity contribution < 1.29 is 27.4 Å². The lowest BCUT2D eigenvalue weighted by Crippen LogP contribution is -2.16.